The van der Waals surface area contributed by atoms with Crippen molar-refractivity contribution in [1.29, 1.82) is 0 Å². The van der Waals surface area contributed by atoms with Crippen LogP contribution in [-0.2, 0) is 21.4 Å². The van der Waals surface area contributed by atoms with Crippen molar-refractivity contribution in [2.75, 3.05) is 18.8 Å². The van der Waals surface area contributed by atoms with Crippen LogP contribution in [-0.4, -0.2) is 59.1 Å². The number of rotatable bonds is 7. The number of halogens is 1. The number of aromatic nitrogens is 2. The van der Waals surface area contributed by atoms with Crippen molar-refractivity contribution in [2.45, 2.75) is 30.8 Å². The zero-order chi connectivity index (χ0) is 26.3. The number of hydrogen-bond donors (Lipinski definition) is 1. The molecular weight excluding hydrogens is 530 g/mol. The second kappa shape index (κ2) is 10.1. The summed E-state index contributed by atoms with van der Waals surface area (Å²) >= 11 is 7.50. The number of carbonyl (C=O) groups excluding carboxylic acids is 1. The third-order valence-corrected chi connectivity index (χ3v) is 10.5. The lowest BCUT2D eigenvalue weighted by Crippen LogP contribution is -2.59. The number of nitrogens with zero attached hydrogens (tertiary/aromatic N) is 4. The van der Waals surface area contributed by atoms with Crippen molar-refractivity contribution in [3.05, 3.63) is 76.9 Å². The van der Waals surface area contributed by atoms with Crippen LogP contribution in [0.3, 0.4) is 0 Å². The number of hydrogen-bond acceptors (Lipinski definition) is 8. The van der Waals surface area contributed by atoms with Gasteiger partial charge >= 0.3 is 0 Å². The van der Waals surface area contributed by atoms with E-state index >= 15 is 0 Å². The molecule has 5 rings (SSSR count). The van der Waals surface area contributed by atoms with Crippen LogP contribution in [0.2, 0.25) is 5.02 Å². The summed E-state index contributed by atoms with van der Waals surface area (Å²) in [4.78, 5) is 23.2. The summed E-state index contributed by atoms with van der Waals surface area (Å²) in [5.41, 5.74) is 7.61. The predicted octanol–water partition coefficient (Wildman–Crippen LogP) is 4.41. The number of anilines is 1. The number of nitrogen functional groups attached to an aromatic ring is 1. The number of thiophene rings is 1. The van der Waals surface area contributed by atoms with Crippen LogP contribution in [0.4, 0.5) is 5.82 Å². The Labute approximate surface area is 224 Å². The molecule has 0 saturated carbocycles. The van der Waals surface area contributed by atoms with Gasteiger partial charge in [-0.1, -0.05) is 29.8 Å². The average Bonchev–Trinajstić information content (AvgIpc) is 3.27. The van der Waals surface area contributed by atoms with Gasteiger partial charge in [-0.05, 0) is 48.2 Å². The molecule has 192 valence electrons. The lowest BCUT2D eigenvalue weighted by molar-refractivity contribution is -0.115. The predicted molar refractivity (Wildman–Crippen MR) is 149 cm³/mol. The Hall–Kier alpha value is -2.89. The zero-order valence-corrected chi connectivity index (χ0v) is 22.5. The van der Waals surface area contributed by atoms with Gasteiger partial charge in [-0.2, -0.15) is 4.31 Å². The van der Waals surface area contributed by atoms with Crippen LogP contribution < -0.4 is 5.73 Å². The molecule has 0 radical (unpaired) electrons. The lowest BCUT2D eigenvalue weighted by Gasteiger charge is -2.43. The number of carbonyl (C=O) groups is 1. The van der Waals surface area contributed by atoms with E-state index in [1.54, 1.807) is 6.07 Å². The molecule has 8 nitrogen and oxygen atoms in total. The van der Waals surface area contributed by atoms with Gasteiger partial charge in [0.2, 0.25) is 10.0 Å². The topological polar surface area (TPSA) is 109 Å². The van der Waals surface area contributed by atoms with Crippen LogP contribution in [0.5, 0.6) is 0 Å². The van der Waals surface area contributed by atoms with E-state index in [-0.39, 0.29) is 19.1 Å². The van der Waals surface area contributed by atoms with Crippen LogP contribution in [0, 0.1) is 0 Å². The second-order valence-corrected chi connectivity index (χ2v) is 12.8. The SMILES string of the molecule is C=CC(c1cc2ccc(Cl)cc2s1)S(=O)(=O)N1CC(C)N(Cc2ccc3c(N)ncnc3c2)C(C=O)C1. The molecule has 0 spiro atoms. The molecule has 0 amide bonds. The molecule has 3 heterocycles. The lowest BCUT2D eigenvalue weighted by atomic mass is 10.1. The number of benzene rings is 2. The Kier molecular flexibility index (Phi) is 7.03. The first-order valence-corrected chi connectivity index (χ1v) is 14.4. The number of fused-ring (bicyclic) bond motifs is 2. The summed E-state index contributed by atoms with van der Waals surface area (Å²) in [5, 5.41) is 1.37. The van der Waals surface area contributed by atoms with Crippen LogP contribution in [0.1, 0.15) is 22.6 Å². The average molecular weight is 556 g/mol. The third-order valence-electron chi connectivity index (χ3n) is 6.78. The quantitative estimate of drug-likeness (QED) is 0.266. The number of piperazine rings is 1. The highest BCUT2D eigenvalue weighted by molar-refractivity contribution is 7.89. The van der Waals surface area contributed by atoms with Gasteiger partial charge in [0.1, 0.15) is 23.7 Å². The minimum absolute atomic E-state index is 0.0694. The van der Waals surface area contributed by atoms with E-state index in [1.807, 2.05) is 48.2 Å². The Morgan fingerprint density at radius 2 is 2.03 bits per heavy atom. The van der Waals surface area contributed by atoms with Gasteiger partial charge in [0.15, 0.2) is 0 Å². The van der Waals surface area contributed by atoms with Gasteiger partial charge in [0.05, 0.1) is 11.6 Å². The van der Waals surface area contributed by atoms with E-state index in [1.165, 1.54) is 28.0 Å². The molecule has 3 unspecified atom stereocenters. The van der Waals surface area contributed by atoms with E-state index < -0.39 is 21.3 Å². The van der Waals surface area contributed by atoms with E-state index in [4.69, 9.17) is 17.3 Å². The maximum absolute atomic E-state index is 13.8. The molecule has 4 aromatic rings. The van der Waals surface area contributed by atoms with Crippen LogP contribution >= 0.6 is 22.9 Å². The molecule has 0 aliphatic carbocycles. The first-order chi connectivity index (χ1) is 17.7. The third kappa shape index (κ3) is 4.87. The molecule has 37 heavy (non-hydrogen) atoms. The summed E-state index contributed by atoms with van der Waals surface area (Å²) in [6, 6.07) is 12.3. The van der Waals surface area contributed by atoms with Gasteiger partial charge in [-0.25, -0.2) is 18.4 Å². The summed E-state index contributed by atoms with van der Waals surface area (Å²) < 4.78 is 29.9. The Morgan fingerprint density at radius 3 is 2.78 bits per heavy atom. The van der Waals surface area contributed by atoms with E-state index in [0.29, 0.717) is 22.3 Å². The number of nitrogens with two attached hydrogens (primary N) is 1. The molecule has 1 aliphatic heterocycles. The smallest absolute Gasteiger partial charge is 0.225 e. The maximum Gasteiger partial charge on any atom is 0.225 e. The molecule has 2 N–H and O–H groups in total. The Morgan fingerprint density at radius 1 is 1.22 bits per heavy atom. The fourth-order valence-corrected chi connectivity index (χ4v) is 8.40. The highest BCUT2D eigenvalue weighted by atomic mass is 35.5. The molecular formula is C26H26ClN5O3S2. The summed E-state index contributed by atoms with van der Waals surface area (Å²) in [6.07, 6.45) is 3.70. The van der Waals surface area contributed by atoms with E-state index in [2.05, 4.69) is 16.5 Å². The molecule has 1 saturated heterocycles. The maximum atomic E-state index is 13.8. The molecule has 2 aromatic heterocycles. The van der Waals surface area contributed by atoms with Gasteiger partial charge in [-0.3, -0.25) is 4.90 Å². The van der Waals surface area contributed by atoms with Gasteiger partial charge in [-0.15, -0.1) is 17.9 Å². The second-order valence-electron chi connectivity index (χ2n) is 9.18. The highest BCUT2D eigenvalue weighted by Gasteiger charge is 2.40. The molecule has 1 fully saturated rings. The largest absolute Gasteiger partial charge is 0.383 e. The van der Waals surface area contributed by atoms with Crippen molar-refractivity contribution in [2.24, 2.45) is 0 Å². The summed E-state index contributed by atoms with van der Waals surface area (Å²) in [7, 11) is -3.81. The normalized spacial score (nSPS) is 20.3. The molecule has 1 aliphatic rings. The molecule has 11 heteroatoms. The van der Waals surface area contributed by atoms with Gasteiger partial charge < -0.3 is 10.5 Å². The standard InChI is InChI=1S/C26H26ClN5O3S2/c1-3-25(24-9-18-5-6-19(27)10-23(18)36-24)37(34,35)31-11-16(2)32(20(13-31)14-33)12-17-4-7-21-22(8-17)29-15-30-26(21)28/h3-10,14-16,20,25H,1,11-13H2,2H3,(H2,28,29,30). The first kappa shape index (κ1) is 25.7. The summed E-state index contributed by atoms with van der Waals surface area (Å²) in [5.74, 6) is 0.410. The summed E-state index contributed by atoms with van der Waals surface area (Å²) in [6.45, 7) is 6.56. The fourth-order valence-electron chi connectivity index (χ4n) is 4.86. The zero-order valence-electron chi connectivity index (χ0n) is 20.1. The molecule has 2 aromatic carbocycles. The minimum Gasteiger partial charge on any atom is -0.383 e. The number of sulfonamides is 1. The Balaban J connectivity index is 1.39. The van der Waals surface area contributed by atoms with Crippen molar-refractivity contribution >= 4 is 66.1 Å². The monoisotopic (exact) mass is 555 g/mol. The van der Waals surface area contributed by atoms with Gasteiger partial charge in [0, 0.05) is 45.7 Å². The van der Waals surface area contributed by atoms with Crippen molar-refractivity contribution < 1.29 is 13.2 Å². The molecule has 3 atom stereocenters. The minimum atomic E-state index is -3.81. The van der Waals surface area contributed by atoms with Crippen molar-refractivity contribution in [3.8, 4) is 0 Å². The molecule has 0 bridgehead atoms. The Bertz CT molecular complexity index is 1610. The fraction of sp³-hybridized carbons (Fsp3) is 0.269. The highest BCUT2D eigenvalue weighted by Crippen LogP contribution is 2.38. The van der Waals surface area contributed by atoms with Crippen LogP contribution in [0.15, 0.2) is 61.4 Å². The van der Waals surface area contributed by atoms with Crippen molar-refractivity contribution in [3.63, 3.8) is 0 Å². The van der Waals surface area contributed by atoms with Gasteiger partial charge in [0.25, 0.3) is 0 Å². The van der Waals surface area contributed by atoms with Crippen LogP contribution in [0.25, 0.3) is 21.0 Å². The van der Waals surface area contributed by atoms with E-state index in [0.717, 1.165) is 32.8 Å². The first-order valence-electron chi connectivity index (χ1n) is 11.7. The van der Waals surface area contributed by atoms with E-state index in [9.17, 15) is 13.2 Å². The van der Waals surface area contributed by atoms with Crippen molar-refractivity contribution in [1.82, 2.24) is 19.2 Å². The number of aldehydes is 1.